The molecule has 2 aliphatic heterocycles. The van der Waals surface area contributed by atoms with Gasteiger partial charge in [0.05, 0.1) is 0 Å². The Bertz CT molecular complexity index is 943. The van der Waals surface area contributed by atoms with E-state index in [1.807, 2.05) is 6.07 Å². The van der Waals surface area contributed by atoms with Crippen LogP contribution in [0, 0.1) is 0 Å². The van der Waals surface area contributed by atoms with Crippen molar-refractivity contribution < 1.29 is 23.9 Å². The van der Waals surface area contributed by atoms with Crippen molar-refractivity contribution in [3.8, 4) is 11.5 Å². The molecule has 8 nitrogen and oxygen atoms in total. The molecule has 0 saturated heterocycles. The molecule has 3 amide bonds. The molecule has 0 saturated carbocycles. The lowest BCUT2D eigenvalue weighted by molar-refractivity contribution is -0.140. The summed E-state index contributed by atoms with van der Waals surface area (Å²) in [5.74, 6) is -0.715. The first-order chi connectivity index (χ1) is 13.0. The van der Waals surface area contributed by atoms with E-state index in [-0.39, 0.29) is 19.2 Å². The molecule has 8 heteroatoms. The number of anilines is 1. The van der Waals surface area contributed by atoms with Crippen LogP contribution in [0.4, 0.5) is 5.69 Å². The molecule has 0 radical (unpaired) electrons. The first-order valence-corrected chi connectivity index (χ1v) is 8.38. The van der Waals surface area contributed by atoms with Crippen LogP contribution in [0.15, 0.2) is 42.5 Å². The maximum Gasteiger partial charge on any atom is 0.310 e. The van der Waals surface area contributed by atoms with Crippen molar-refractivity contribution in [2.24, 2.45) is 0 Å². The largest absolute Gasteiger partial charge is 0.454 e. The van der Waals surface area contributed by atoms with Crippen molar-refractivity contribution in [2.45, 2.75) is 12.6 Å². The normalized spacial score (nSPS) is 16.9. The summed E-state index contributed by atoms with van der Waals surface area (Å²) >= 11 is 0. The van der Waals surface area contributed by atoms with Gasteiger partial charge in [-0.15, -0.1) is 0 Å². The second-order valence-corrected chi connectivity index (χ2v) is 6.23. The Kier molecular flexibility index (Phi) is 4.15. The number of nitrogens with one attached hydrogen (secondary N) is 2. The maximum absolute atomic E-state index is 12.4. The number of fused-ring (bicyclic) bond motifs is 2. The predicted octanol–water partition coefficient (Wildman–Crippen LogP) is 0.865. The number of benzene rings is 2. The molecule has 2 heterocycles. The van der Waals surface area contributed by atoms with Gasteiger partial charge < -0.3 is 25.0 Å². The quantitative estimate of drug-likeness (QED) is 0.785. The third-order valence-electron chi connectivity index (χ3n) is 4.56. The first-order valence-electron chi connectivity index (χ1n) is 8.38. The predicted molar refractivity (Wildman–Crippen MR) is 95.1 cm³/mol. The Labute approximate surface area is 155 Å². The zero-order valence-electron chi connectivity index (χ0n) is 14.5. The zero-order chi connectivity index (χ0) is 19.0. The van der Waals surface area contributed by atoms with E-state index in [9.17, 15) is 14.4 Å². The molecule has 2 aromatic carbocycles. The summed E-state index contributed by atoms with van der Waals surface area (Å²) in [6, 6.07) is 11.5. The molecule has 0 fully saturated rings. The van der Waals surface area contributed by atoms with E-state index < -0.39 is 17.9 Å². The molecule has 4 rings (SSSR count). The minimum absolute atomic E-state index is 0.151. The van der Waals surface area contributed by atoms with Gasteiger partial charge in [-0.05, 0) is 23.8 Å². The van der Waals surface area contributed by atoms with Crippen molar-refractivity contribution in [2.75, 3.05) is 18.7 Å². The fourth-order valence-corrected chi connectivity index (χ4v) is 3.13. The van der Waals surface area contributed by atoms with Crippen molar-refractivity contribution >= 4 is 23.4 Å². The van der Waals surface area contributed by atoms with Gasteiger partial charge in [-0.25, -0.2) is 0 Å². The second kappa shape index (κ2) is 6.64. The Morgan fingerprint density at radius 3 is 2.74 bits per heavy atom. The highest BCUT2D eigenvalue weighted by Gasteiger charge is 2.36. The van der Waals surface area contributed by atoms with E-state index >= 15 is 0 Å². The number of nitrogens with zero attached hydrogens (tertiary/aromatic N) is 1. The molecular weight excluding hydrogens is 350 g/mol. The number of amides is 3. The minimum Gasteiger partial charge on any atom is -0.454 e. The standard InChI is InChI=1S/C19H17N3O5/c1-22-13-5-3-2-4-12(13)16(19(22)25)21-18(24)17(23)20-9-11-6-7-14-15(8-11)27-10-26-14/h2-8,16H,9-10H2,1H3,(H,20,23)(H,21,24). The van der Waals surface area contributed by atoms with E-state index in [0.29, 0.717) is 22.7 Å². The van der Waals surface area contributed by atoms with Crippen LogP contribution in [-0.2, 0) is 20.9 Å². The Morgan fingerprint density at radius 1 is 1.11 bits per heavy atom. The van der Waals surface area contributed by atoms with Gasteiger partial charge in [0.1, 0.15) is 6.04 Å². The molecule has 0 aliphatic carbocycles. The Morgan fingerprint density at radius 2 is 1.89 bits per heavy atom. The van der Waals surface area contributed by atoms with Crippen LogP contribution < -0.4 is 25.0 Å². The number of ether oxygens (including phenoxy) is 2. The number of hydrogen-bond donors (Lipinski definition) is 2. The van der Waals surface area contributed by atoms with E-state index in [2.05, 4.69) is 10.6 Å². The first kappa shape index (κ1) is 16.9. The van der Waals surface area contributed by atoms with Crippen molar-refractivity contribution in [3.05, 3.63) is 53.6 Å². The topological polar surface area (TPSA) is 97.0 Å². The fraction of sp³-hybridized carbons (Fsp3) is 0.211. The number of carbonyl (C=O) groups excluding carboxylic acids is 3. The number of carbonyl (C=O) groups is 3. The number of rotatable bonds is 3. The van der Waals surface area contributed by atoms with E-state index in [1.54, 1.807) is 43.4 Å². The molecule has 0 bridgehead atoms. The van der Waals surface area contributed by atoms with Gasteiger partial charge in [0.25, 0.3) is 5.91 Å². The summed E-state index contributed by atoms with van der Waals surface area (Å²) in [5, 5.41) is 5.05. The van der Waals surface area contributed by atoms with E-state index in [4.69, 9.17) is 9.47 Å². The number of para-hydroxylation sites is 1. The molecule has 27 heavy (non-hydrogen) atoms. The van der Waals surface area contributed by atoms with Crippen LogP contribution in [0.5, 0.6) is 11.5 Å². The summed E-state index contributed by atoms with van der Waals surface area (Å²) in [4.78, 5) is 38.2. The van der Waals surface area contributed by atoms with Crippen LogP contribution in [-0.4, -0.2) is 31.6 Å². The van der Waals surface area contributed by atoms with Gasteiger partial charge in [-0.2, -0.15) is 0 Å². The van der Waals surface area contributed by atoms with E-state index in [0.717, 1.165) is 5.56 Å². The molecule has 2 N–H and O–H groups in total. The van der Waals surface area contributed by atoms with Crippen molar-refractivity contribution in [1.82, 2.24) is 10.6 Å². The molecule has 1 atom stereocenters. The fourth-order valence-electron chi connectivity index (χ4n) is 3.13. The highest BCUT2D eigenvalue weighted by Crippen LogP contribution is 2.34. The lowest BCUT2D eigenvalue weighted by Gasteiger charge is -2.13. The highest BCUT2D eigenvalue weighted by atomic mass is 16.7. The third kappa shape index (κ3) is 3.05. The zero-order valence-corrected chi connectivity index (χ0v) is 14.5. The number of hydrogen-bond acceptors (Lipinski definition) is 5. The molecule has 2 aromatic rings. The average Bonchev–Trinajstić information content (AvgIpc) is 3.24. The molecule has 2 aliphatic rings. The molecule has 0 spiro atoms. The smallest absolute Gasteiger partial charge is 0.310 e. The monoisotopic (exact) mass is 367 g/mol. The van der Waals surface area contributed by atoms with Gasteiger partial charge in [0, 0.05) is 24.8 Å². The summed E-state index contributed by atoms with van der Waals surface area (Å²) in [7, 11) is 1.63. The highest BCUT2D eigenvalue weighted by molar-refractivity contribution is 6.35. The summed E-state index contributed by atoms with van der Waals surface area (Å²) in [6.07, 6.45) is 0. The summed E-state index contributed by atoms with van der Waals surface area (Å²) < 4.78 is 10.5. The molecule has 0 aromatic heterocycles. The lowest BCUT2D eigenvalue weighted by Crippen LogP contribution is -2.43. The van der Waals surface area contributed by atoms with Crippen LogP contribution in [0.25, 0.3) is 0 Å². The summed E-state index contributed by atoms with van der Waals surface area (Å²) in [5.41, 5.74) is 2.15. The van der Waals surface area contributed by atoms with Gasteiger partial charge in [0.15, 0.2) is 11.5 Å². The molecular formula is C19H17N3O5. The summed E-state index contributed by atoms with van der Waals surface area (Å²) in [6.45, 7) is 0.316. The van der Waals surface area contributed by atoms with Crippen molar-refractivity contribution in [1.29, 1.82) is 0 Å². The van der Waals surface area contributed by atoms with Crippen LogP contribution >= 0.6 is 0 Å². The van der Waals surface area contributed by atoms with Gasteiger partial charge in [0.2, 0.25) is 6.79 Å². The van der Waals surface area contributed by atoms with Crippen LogP contribution in [0.2, 0.25) is 0 Å². The van der Waals surface area contributed by atoms with Crippen molar-refractivity contribution in [3.63, 3.8) is 0 Å². The Hall–Kier alpha value is -3.55. The van der Waals surface area contributed by atoms with Gasteiger partial charge >= 0.3 is 11.8 Å². The lowest BCUT2D eigenvalue weighted by atomic mass is 10.1. The molecule has 1 unspecified atom stereocenters. The van der Waals surface area contributed by atoms with Crippen LogP contribution in [0.1, 0.15) is 17.2 Å². The third-order valence-corrected chi connectivity index (χ3v) is 4.56. The average molecular weight is 367 g/mol. The SMILES string of the molecule is CN1C(=O)C(NC(=O)C(=O)NCc2ccc3c(c2)OCO3)c2ccccc21. The number of likely N-dealkylation sites (N-methyl/N-ethyl adjacent to an activating group) is 1. The Balaban J connectivity index is 1.39. The molecule has 138 valence electrons. The maximum atomic E-state index is 12.4. The van der Waals surface area contributed by atoms with Crippen LogP contribution in [0.3, 0.4) is 0 Å². The van der Waals surface area contributed by atoms with Gasteiger partial charge in [-0.3, -0.25) is 14.4 Å². The van der Waals surface area contributed by atoms with E-state index in [1.165, 1.54) is 4.90 Å². The second-order valence-electron chi connectivity index (χ2n) is 6.23. The minimum atomic E-state index is -0.866. The van der Waals surface area contributed by atoms with Gasteiger partial charge in [-0.1, -0.05) is 24.3 Å².